The predicted octanol–water partition coefficient (Wildman–Crippen LogP) is 5.72. The summed E-state index contributed by atoms with van der Waals surface area (Å²) in [7, 11) is 0. The Morgan fingerprint density at radius 1 is 0.879 bits per heavy atom. The third kappa shape index (κ3) is 3.10. The van der Waals surface area contributed by atoms with Gasteiger partial charge < -0.3 is 9.47 Å². The SMILES string of the molecule is O=C1N(c2cn(-c3ccccc3)nc2-c2ccc(Cl)cc2Cl)c2ccccc2C12OCCO2. The lowest BCUT2D eigenvalue weighted by Crippen LogP contribution is -2.39. The summed E-state index contributed by atoms with van der Waals surface area (Å²) >= 11 is 12.7. The highest BCUT2D eigenvalue weighted by atomic mass is 35.5. The number of ether oxygens (including phenoxy) is 2. The highest BCUT2D eigenvalue weighted by molar-refractivity contribution is 6.36. The molecule has 6 nitrogen and oxygen atoms in total. The molecule has 0 saturated carbocycles. The van der Waals surface area contributed by atoms with Crippen LogP contribution in [0.3, 0.4) is 0 Å². The van der Waals surface area contributed by atoms with E-state index in [1.807, 2.05) is 60.8 Å². The third-order valence-electron chi connectivity index (χ3n) is 5.82. The minimum absolute atomic E-state index is 0.319. The lowest BCUT2D eigenvalue weighted by atomic mass is 10.1. The van der Waals surface area contributed by atoms with Gasteiger partial charge in [-0.25, -0.2) is 4.68 Å². The molecule has 6 rings (SSSR count). The first-order valence-electron chi connectivity index (χ1n) is 10.4. The fourth-order valence-electron chi connectivity index (χ4n) is 4.36. The Balaban J connectivity index is 1.59. The van der Waals surface area contributed by atoms with Crippen LogP contribution in [0.2, 0.25) is 10.0 Å². The normalized spacial score (nSPS) is 16.5. The second kappa shape index (κ2) is 7.71. The van der Waals surface area contributed by atoms with Gasteiger partial charge in [0.05, 0.1) is 41.5 Å². The van der Waals surface area contributed by atoms with E-state index < -0.39 is 5.79 Å². The van der Waals surface area contributed by atoms with Crippen LogP contribution in [0, 0.1) is 0 Å². The van der Waals surface area contributed by atoms with E-state index in [4.69, 9.17) is 37.8 Å². The van der Waals surface area contributed by atoms with Crippen molar-refractivity contribution in [3.8, 4) is 16.9 Å². The molecule has 2 aliphatic heterocycles. The van der Waals surface area contributed by atoms with Crippen LogP contribution in [0.15, 0.2) is 79.0 Å². The maximum Gasteiger partial charge on any atom is 0.297 e. The van der Waals surface area contributed by atoms with Crippen molar-refractivity contribution in [2.75, 3.05) is 18.1 Å². The molecule has 0 atom stereocenters. The van der Waals surface area contributed by atoms with Gasteiger partial charge in [0, 0.05) is 16.1 Å². The van der Waals surface area contributed by atoms with Crippen LogP contribution in [-0.4, -0.2) is 28.9 Å². The Bertz CT molecular complexity index is 1380. The molecular formula is C25H17Cl2N3O3. The van der Waals surface area contributed by atoms with Crippen molar-refractivity contribution < 1.29 is 14.3 Å². The van der Waals surface area contributed by atoms with Gasteiger partial charge in [-0.3, -0.25) is 9.69 Å². The second-order valence-electron chi connectivity index (χ2n) is 7.74. The van der Waals surface area contributed by atoms with E-state index in [-0.39, 0.29) is 5.91 Å². The number of fused-ring (bicyclic) bond motifs is 2. The number of aromatic nitrogens is 2. The molecule has 8 heteroatoms. The molecule has 4 aromatic rings. The third-order valence-corrected chi connectivity index (χ3v) is 6.37. The number of hydrogen-bond acceptors (Lipinski definition) is 4. The van der Waals surface area contributed by atoms with Crippen LogP contribution in [0.1, 0.15) is 5.56 Å². The zero-order valence-corrected chi connectivity index (χ0v) is 18.8. The van der Waals surface area contributed by atoms with E-state index in [2.05, 4.69) is 0 Å². The van der Waals surface area contributed by atoms with Gasteiger partial charge in [-0.15, -0.1) is 0 Å². The summed E-state index contributed by atoms with van der Waals surface area (Å²) < 4.78 is 13.5. The number of halogens is 2. The molecule has 3 aromatic carbocycles. The lowest BCUT2D eigenvalue weighted by molar-refractivity contribution is -0.180. The predicted molar refractivity (Wildman–Crippen MR) is 126 cm³/mol. The first-order valence-corrected chi connectivity index (χ1v) is 11.2. The summed E-state index contributed by atoms with van der Waals surface area (Å²) in [6, 6.07) is 22.4. The zero-order chi connectivity index (χ0) is 22.6. The van der Waals surface area contributed by atoms with Crippen molar-refractivity contribution in [3.63, 3.8) is 0 Å². The van der Waals surface area contributed by atoms with Crippen LogP contribution in [0.5, 0.6) is 0 Å². The van der Waals surface area contributed by atoms with Crippen LogP contribution < -0.4 is 4.90 Å². The van der Waals surface area contributed by atoms with E-state index in [1.54, 1.807) is 27.8 Å². The van der Waals surface area contributed by atoms with Crippen molar-refractivity contribution in [2.24, 2.45) is 0 Å². The molecule has 1 fully saturated rings. The summed E-state index contributed by atoms with van der Waals surface area (Å²) in [6.07, 6.45) is 1.82. The monoisotopic (exact) mass is 477 g/mol. The van der Waals surface area contributed by atoms with Gasteiger partial charge in [0.1, 0.15) is 5.69 Å². The molecule has 3 heterocycles. The van der Waals surface area contributed by atoms with Crippen LogP contribution >= 0.6 is 23.2 Å². The molecule has 33 heavy (non-hydrogen) atoms. The van der Waals surface area contributed by atoms with Gasteiger partial charge in [0.25, 0.3) is 11.7 Å². The minimum atomic E-state index is -1.45. The molecular weight excluding hydrogens is 461 g/mol. The Morgan fingerprint density at radius 3 is 2.36 bits per heavy atom. The van der Waals surface area contributed by atoms with Gasteiger partial charge in [-0.2, -0.15) is 5.10 Å². The van der Waals surface area contributed by atoms with E-state index in [0.717, 1.165) is 5.69 Å². The average Bonchev–Trinajstić information content (AvgIpc) is 3.54. The minimum Gasteiger partial charge on any atom is -0.336 e. The number of carbonyl (C=O) groups is 1. The molecule has 1 saturated heterocycles. The molecule has 0 bridgehead atoms. The molecule has 1 spiro atoms. The van der Waals surface area contributed by atoms with E-state index in [0.29, 0.717) is 51.5 Å². The Morgan fingerprint density at radius 2 is 1.61 bits per heavy atom. The maximum atomic E-state index is 13.8. The van der Waals surface area contributed by atoms with Gasteiger partial charge in [-0.05, 0) is 36.4 Å². The number of nitrogens with zero attached hydrogens (tertiary/aromatic N) is 3. The molecule has 1 amide bonds. The number of anilines is 2. The molecule has 0 N–H and O–H groups in total. The van der Waals surface area contributed by atoms with E-state index in [1.165, 1.54) is 0 Å². The summed E-state index contributed by atoms with van der Waals surface area (Å²) in [6.45, 7) is 0.681. The molecule has 0 aliphatic carbocycles. The summed E-state index contributed by atoms with van der Waals surface area (Å²) in [5.74, 6) is -1.77. The number of hydrogen-bond donors (Lipinski definition) is 0. The molecule has 2 aliphatic rings. The fourth-order valence-corrected chi connectivity index (χ4v) is 4.86. The Hall–Kier alpha value is -3.16. The second-order valence-corrected chi connectivity index (χ2v) is 8.58. The number of carbonyl (C=O) groups excluding carboxylic acids is 1. The van der Waals surface area contributed by atoms with Crippen molar-refractivity contribution in [2.45, 2.75) is 5.79 Å². The van der Waals surface area contributed by atoms with Crippen molar-refractivity contribution in [1.29, 1.82) is 0 Å². The summed E-state index contributed by atoms with van der Waals surface area (Å²) in [5, 5.41) is 5.77. The zero-order valence-electron chi connectivity index (χ0n) is 17.2. The molecule has 164 valence electrons. The number of rotatable bonds is 3. The number of para-hydroxylation sites is 2. The standard InChI is InChI=1S/C25H17Cl2N3O3/c26-16-10-11-18(20(27)14-16)23-22(15-29(28-23)17-6-2-1-3-7-17)30-21-9-5-4-8-19(21)25(24(30)31)32-12-13-33-25/h1-11,14-15H,12-13H2. The van der Waals surface area contributed by atoms with Crippen LogP contribution in [0.25, 0.3) is 16.9 Å². The van der Waals surface area contributed by atoms with E-state index >= 15 is 0 Å². The van der Waals surface area contributed by atoms with E-state index in [9.17, 15) is 4.79 Å². The number of benzene rings is 3. The number of amides is 1. The molecule has 1 aromatic heterocycles. The molecule has 0 radical (unpaired) electrons. The average molecular weight is 478 g/mol. The first kappa shape index (κ1) is 20.4. The van der Waals surface area contributed by atoms with Gasteiger partial charge in [-0.1, -0.05) is 59.6 Å². The maximum absolute atomic E-state index is 13.8. The van der Waals surface area contributed by atoms with Crippen LogP contribution in [0.4, 0.5) is 11.4 Å². The fraction of sp³-hybridized carbons (Fsp3) is 0.120. The van der Waals surface area contributed by atoms with Crippen LogP contribution in [-0.2, 0) is 20.1 Å². The highest BCUT2D eigenvalue weighted by Crippen LogP contribution is 2.50. The van der Waals surface area contributed by atoms with Crippen molar-refractivity contribution >= 4 is 40.5 Å². The Labute approximate surface area is 199 Å². The van der Waals surface area contributed by atoms with Gasteiger partial charge in [0.15, 0.2) is 0 Å². The summed E-state index contributed by atoms with van der Waals surface area (Å²) in [5.41, 5.74) is 3.97. The largest absolute Gasteiger partial charge is 0.336 e. The quantitative estimate of drug-likeness (QED) is 0.378. The molecule has 0 unspecified atom stereocenters. The summed E-state index contributed by atoms with van der Waals surface area (Å²) in [4.78, 5) is 15.4. The van der Waals surface area contributed by atoms with Gasteiger partial charge in [0.2, 0.25) is 0 Å². The highest BCUT2D eigenvalue weighted by Gasteiger charge is 2.57. The first-order chi connectivity index (χ1) is 16.1. The lowest BCUT2D eigenvalue weighted by Gasteiger charge is -2.22. The Kier molecular flexibility index (Phi) is 4.78. The van der Waals surface area contributed by atoms with Gasteiger partial charge >= 0.3 is 0 Å². The van der Waals surface area contributed by atoms with Crippen molar-refractivity contribution in [3.05, 3.63) is 94.6 Å². The smallest absolute Gasteiger partial charge is 0.297 e. The topological polar surface area (TPSA) is 56.6 Å². The van der Waals surface area contributed by atoms with Crippen molar-refractivity contribution in [1.82, 2.24) is 9.78 Å².